The van der Waals surface area contributed by atoms with E-state index >= 15 is 0 Å². The van der Waals surface area contributed by atoms with Crippen LogP contribution < -0.4 is 9.47 Å². The van der Waals surface area contributed by atoms with Crippen molar-refractivity contribution in [1.29, 1.82) is 0 Å². The van der Waals surface area contributed by atoms with Crippen LogP contribution in [0.5, 0.6) is 11.5 Å². The first-order valence-corrected chi connectivity index (χ1v) is 8.52. The van der Waals surface area contributed by atoms with E-state index in [2.05, 4.69) is 11.8 Å². The monoisotopic (exact) mass is 320 g/mol. The van der Waals surface area contributed by atoms with Crippen molar-refractivity contribution in [3.63, 3.8) is 0 Å². The van der Waals surface area contributed by atoms with Gasteiger partial charge in [-0.2, -0.15) is 0 Å². The van der Waals surface area contributed by atoms with Crippen molar-refractivity contribution >= 4 is 5.91 Å². The second kappa shape index (κ2) is 8.77. The van der Waals surface area contributed by atoms with Gasteiger partial charge in [0.05, 0.1) is 13.7 Å². The summed E-state index contributed by atoms with van der Waals surface area (Å²) in [4.78, 5) is 17.2. The molecule has 23 heavy (non-hydrogen) atoms. The van der Waals surface area contributed by atoms with Crippen LogP contribution in [0.3, 0.4) is 0 Å². The molecule has 0 radical (unpaired) electrons. The first-order chi connectivity index (χ1) is 11.2. The van der Waals surface area contributed by atoms with Gasteiger partial charge in [0.2, 0.25) is 0 Å². The van der Waals surface area contributed by atoms with Crippen LogP contribution in [0.1, 0.15) is 37.0 Å². The van der Waals surface area contributed by atoms with Crippen LogP contribution in [-0.2, 0) is 0 Å². The Labute approximate surface area is 139 Å². The molecule has 5 heteroatoms. The van der Waals surface area contributed by atoms with E-state index < -0.39 is 0 Å². The van der Waals surface area contributed by atoms with Gasteiger partial charge in [0, 0.05) is 25.2 Å². The fourth-order valence-electron chi connectivity index (χ4n) is 2.97. The Morgan fingerprint density at radius 1 is 1.13 bits per heavy atom. The predicted molar refractivity (Wildman–Crippen MR) is 91.4 cm³/mol. The molecule has 2 rings (SSSR count). The third-order valence-electron chi connectivity index (χ3n) is 4.13. The maximum Gasteiger partial charge on any atom is 0.254 e. The van der Waals surface area contributed by atoms with Crippen LogP contribution in [0.25, 0.3) is 0 Å². The minimum absolute atomic E-state index is 0.0738. The third-order valence-corrected chi connectivity index (χ3v) is 4.13. The summed E-state index contributed by atoms with van der Waals surface area (Å²) in [5.41, 5.74) is 0.661. The molecule has 128 valence electrons. The van der Waals surface area contributed by atoms with E-state index in [0.717, 1.165) is 45.6 Å². The summed E-state index contributed by atoms with van der Waals surface area (Å²) in [6.45, 7) is 9.43. The number of carbonyl (C=O) groups is 1. The molecule has 1 aliphatic rings. The zero-order chi connectivity index (χ0) is 16.7. The van der Waals surface area contributed by atoms with Gasteiger partial charge < -0.3 is 19.3 Å². The molecule has 0 N–H and O–H groups in total. The summed E-state index contributed by atoms with van der Waals surface area (Å²) in [7, 11) is 1.60. The van der Waals surface area contributed by atoms with E-state index in [1.165, 1.54) is 0 Å². The lowest BCUT2D eigenvalue weighted by atomic mass is 10.1. The average Bonchev–Trinajstić information content (AvgIpc) is 2.81. The van der Waals surface area contributed by atoms with E-state index in [1.807, 2.05) is 24.0 Å². The maximum absolute atomic E-state index is 12.8. The Kier molecular flexibility index (Phi) is 6.71. The Morgan fingerprint density at radius 2 is 1.96 bits per heavy atom. The van der Waals surface area contributed by atoms with E-state index in [4.69, 9.17) is 9.47 Å². The number of carbonyl (C=O) groups excluding carboxylic acids is 1. The molecule has 0 aliphatic carbocycles. The molecule has 1 saturated heterocycles. The zero-order valence-corrected chi connectivity index (χ0v) is 14.5. The fourth-order valence-corrected chi connectivity index (χ4v) is 2.97. The number of nitrogens with zero attached hydrogens (tertiary/aromatic N) is 2. The molecule has 1 fully saturated rings. The molecule has 1 amide bonds. The molecular formula is C18H28N2O3. The number of amides is 1. The molecule has 0 saturated carbocycles. The highest BCUT2D eigenvalue weighted by Crippen LogP contribution is 2.28. The number of hydrogen-bond donors (Lipinski definition) is 0. The first kappa shape index (κ1) is 17.6. The van der Waals surface area contributed by atoms with Crippen LogP contribution in [0, 0.1) is 0 Å². The van der Waals surface area contributed by atoms with E-state index in [0.29, 0.717) is 23.7 Å². The standard InChI is InChI=1S/C18H28N2O3/c1-4-9-19-10-6-11-20(13-12-19)18(21)15-7-8-16(23-5-2)17(14-15)22-3/h7-8,14H,4-6,9-13H2,1-3H3. The average molecular weight is 320 g/mol. The summed E-state index contributed by atoms with van der Waals surface area (Å²) in [5, 5.41) is 0. The molecule has 0 spiro atoms. The smallest absolute Gasteiger partial charge is 0.254 e. The number of ether oxygens (including phenoxy) is 2. The van der Waals surface area contributed by atoms with Crippen LogP contribution in [0.4, 0.5) is 0 Å². The number of rotatable bonds is 6. The molecule has 1 heterocycles. The Morgan fingerprint density at radius 3 is 2.65 bits per heavy atom. The van der Waals surface area contributed by atoms with Crippen molar-refractivity contribution in [2.45, 2.75) is 26.7 Å². The minimum atomic E-state index is 0.0738. The second-order valence-electron chi connectivity index (χ2n) is 5.79. The molecule has 0 bridgehead atoms. The molecule has 1 aliphatic heterocycles. The van der Waals surface area contributed by atoms with Crippen molar-refractivity contribution in [2.24, 2.45) is 0 Å². The Hall–Kier alpha value is -1.75. The SMILES string of the molecule is CCCN1CCCN(C(=O)c2ccc(OCC)c(OC)c2)CC1. The lowest BCUT2D eigenvalue weighted by Crippen LogP contribution is -2.35. The summed E-state index contributed by atoms with van der Waals surface area (Å²) in [6, 6.07) is 5.42. The van der Waals surface area contributed by atoms with Crippen molar-refractivity contribution < 1.29 is 14.3 Å². The van der Waals surface area contributed by atoms with Gasteiger partial charge in [-0.05, 0) is 51.1 Å². The van der Waals surface area contributed by atoms with E-state index in [9.17, 15) is 4.79 Å². The van der Waals surface area contributed by atoms with Crippen molar-refractivity contribution in [3.05, 3.63) is 23.8 Å². The summed E-state index contributed by atoms with van der Waals surface area (Å²) in [6.07, 6.45) is 2.18. The molecule has 1 aromatic carbocycles. The normalized spacial score (nSPS) is 16.0. The van der Waals surface area contributed by atoms with Crippen molar-refractivity contribution in [3.8, 4) is 11.5 Å². The summed E-state index contributed by atoms with van der Waals surface area (Å²) in [5.74, 6) is 1.36. The third kappa shape index (κ3) is 4.61. The topological polar surface area (TPSA) is 42.0 Å². The van der Waals surface area contributed by atoms with Gasteiger partial charge in [-0.25, -0.2) is 0 Å². The molecule has 0 atom stereocenters. The highest BCUT2D eigenvalue weighted by atomic mass is 16.5. The van der Waals surface area contributed by atoms with Gasteiger partial charge in [-0.1, -0.05) is 6.92 Å². The van der Waals surface area contributed by atoms with Crippen molar-refractivity contribution in [2.75, 3.05) is 46.4 Å². The molecule has 0 unspecified atom stereocenters. The van der Waals surface area contributed by atoms with Gasteiger partial charge in [0.1, 0.15) is 0 Å². The fraction of sp³-hybridized carbons (Fsp3) is 0.611. The summed E-state index contributed by atoms with van der Waals surface area (Å²) >= 11 is 0. The molecule has 5 nitrogen and oxygen atoms in total. The lowest BCUT2D eigenvalue weighted by molar-refractivity contribution is 0.0761. The Balaban J connectivity index is 2.07. The van der Waals surface area contributed by atoms with E-state index in [-0.39, 0.29) is 5.91 Å². The quantitative estimate of drug-likeness (QED) is 0.808. The van der Waals surface area contributed by atoms with Gasteiger partial charge in [-0.3, -0.25) is 4.79 Å². The van der Waals surface area contributed by atoms with Gasteiger partial charge in [-0.15, -0.1) is 0 Å². The summed E-state index contributed by atoms with van der Waals surface area (Å²) < 4.78 is 10.9. The highest BCUT2D eigenvalue weighted by molar-refractivity contribution is 5.95. The van der Waals surface area contributed by atoms with Crippen LogP contribution in [-0.4, -0.2) is 62.1 Å². The van der Waals surface area contributed by atoms with Gasteiger partial charge >= 0.3 is 0 Å². The molecule has 1 aromatic rings. The first-order valence-electron chi connectivity index (χ1n) is 8.52. The van der Waals surface area contributed by atoms with Gasteiger partial charge in [0.15, 0.2) is 11.5 Å². The van der Waals surface area contributed by atoms with Crippen molar-refractivity contribution in [1.82, 2.24) is 9.80 Å². The van der Waals surface area contributed by atoms with Gasteiger partial charge in [0.25, 0.3) is 5.91 Å². The second-order valence-corrected chi connectivity index (χ2v) is 5.79. The molecular weight excluding hydrogens is 292 g/mol. The predicted octanol–water partition coefficient (Wildman–Crippen LogP) is 2.65. The molecule has 0 aromatic heterocycles. The van der Waals surface area contributed by atoms with Crippen LogP contribution in [0.2, 0.25) is 0 Å². The number of methoxy groups -OCH3 is 1. The van der Waals surface area contributed by atoms with Crippen LogP contribution in [0.15, 0.2) is 18.2 Å². The van der Waals surface area contributed by atoms with E-state index in [1.54, 1.807) is 13.2 Å². The minimum Gasteiger partial charge on any atom is -0.493 e. The highest BCUT2D eigenvalue weighted by Gasteiger charge is 2.21. The maximum atomic E-state index is 12.8. The lowest BCUT2D eigenvalue weighted by Gasteiger charge is -2.22. The zero-order valence-electron chi connectivity index (χ0n) is 14.5. The number of benzene rings is 1. The van der Waals surface area contributed by atoms with Crippen LogP contribution >= 0.6 is 0 Å². The largest absolute Gasteiger partial charge is 0.493 e. The number of hydrogen-bond acceptors (Lipinski definition) is 4. The Bertz CT molecular complexity index is 519.